The minimum Gasteiger partial charge on any atom is -0.479 e. The van der Waals surface area contributed by atoms with Crippen LogP contribution in [0.2, 0.25) is 0 Å². The Kier molecular flexibility index (Phi) is 3.27. The molecule has 4 heteroatoms. The maximum absolute atomic E-state index is 10.1. The summed E-state index contributed by atoms with van der Waals surface area (Å²) in [6.45, 7) is 2.21. The van der Waals surface area contributed by atoms with Crippen molar-refractivity contribution in [1.29, 1.82) is 0 Å². The van der Waals surface area contributed by atoms with Crippen LogP contribution in [0.15, 0.2) is 12.0 Å². The fourth-order valence-corrected chi connectivity index (χ4v) is 0.349. The van der Waals surface area contributed by atoms with Crippen molar-refractivity contribution < 1.29 is 9.53 Å². The summed E-state index contributed by atoms with van der Waals surface area (Å²) in [7, 11) is 0. The quantitative estimate of drug-likeness (QED) is 0.392. The molecule has 0 aromatic rings. The molecular weight excluding hydrogens is 120 g/mol. The van der Waals surface area contributed by atoms with Crippen LogP contribution in [0.3, 0.4) is 0 Å². The minimum absolute atomic E-state index is 0.0602. The average Bonchev–Trinajstić information content (AvgIpc) is 1.63. The predicted molar refractivity (Wildman–Crippen MR) is 33.1 cm³/mol. The molecule has 0 aliphatic carbocycles. The number of hydrogen-bond donors (Lipinski definition) is 2. The Morgan fingerprint density at radius 2 is 2.22 bits per heavy atom. The van der Waals surface area contributed by atoms with Gasteiger partial charge in [0.1, 0.15) is 0 Å². The van der Waals surface area contributed by atoms with Crippen LogP contribution in [-0.4, -0.2) is 12.5 Å². The van der Waals surface area contributed by atoms with Crippen molar-refractivity contribution in [2.24, 2.45) is 11.5 Å². The van der Waals surface area contributed by atoms with Gasteiger partial charge in [0.25, 0.3) is 0 Å². The number of carbonyl (C=O) groups is 1. The van der Waals surface area contributed by atoms with E-state index in [1.807, 2.05) is 0 Å². The zero-order chi connectivity index (χ0) is 7.28. The predicted octanol–water partition coefficient (Wildman–Crippen LogP) is -0.692. The van der Waals surface area contributed by atoms with Gasteiger partial charge in [0.05, 0.1) is 12.7 Å². The highest BCUT2D eigenvalue weighted by molar-refractivity contribution is 5.86. The van der Waals surface area contributed by atoms with Gasteiger partial charge >= 0.3 is 0 Å². The molecule has 0 aliphatic heterocycles. The standard InChI is InChI=1S/C5H10N2O2/c1-2-9-5(7)3-4(6)8/h3H,2,7H2,1H3,(H2,6,8)/b5-3-. The van der Waals surface area contributed by atoms with Gasteiger partial charge in [-0.05, 0) is 6.92 Å². The summed E-state index contributed by atoms with van der Waals surface area (Å²) in [5, 5.41) is 0. The lowest BCUT2D eigenvalue weighted by atomic mass is 10.6. The maximum Gasteiger partial charge on any atom is 0.246 e. The molecule has 0 spiro atoms. The summed E-state index contributed by atoms with van der Waals surface area (Å²) < 4.78 is 4.69. The Morgan fingerprint density at radius 1 is 1.67 bits per heavy atom. The van der Waals surface area contributed by atoms with Crippen molar-refractivity contribution in [2.45, 2.75) is 6.92 Å². The van der Waals surface area contributed by atoms with E-state index in [4.69, 9.17) is 16.2 Å². The molecule has 0 rings (SSSR count). The summed E-state index contributed by atoms with van der Waals surface area (Å²) in [6, 6.07) is 0. The van der Waals surface area contributed by atoms with E-state index in [1.54, 1.807) is 6.92 Å². The molecule has 0 unspecified atom stereocenters. The third-order valence-corrected chi connectivity index (χ3v) is 0.596. The minimum atomic E-state index is -0.596. The Bertz CT molecular complexity index is 131. The summed E-state index contributed by atoms with van der Waals surface area (Å²) in [4.78, 5) is 10.1. The molecule has 0 aromatic heterocycles. The van der Waals surface area contributed by atoms with Gasteiger partial charge in [0.15, 0.2) is 5.88 Å². The first kappa shape index (κ1) is 7.81. The van der Waals surface area contributed by atoms with Crippen LogP contribution in [0, 0.1) is 0 Å². The number of hydrogen-bond acceptors (Lipinski definition) is 3. The first-order valence-corrected chi connectivity index (χ1v) is 2.56. The second-order valence-corrected chi connectivity index (χ2v) is 1.38. The van der Waals surface area contributed by atoms with Crippen LogP contribution in [0.5, 0.6) is 0 Å². The van der Waals surface area contributed by atoms with Gasteiger partial charge in [-0.15, -0.1) is 0 Å². The highest BCUT2D eigenvalue weighted by Crippen LogP contribution is 1.83. The second kappa shape index (κ2) is 3.77. The van der Waals surface area contributed by atoms with Gasteiger partial charge in [-0.1, -0.05) is 0 Å². The topological polar surface area (TPSA) is 78.3 Å². The Balaban J connectivity index is 3.69. The zero-order valence-electron chi connectivity index (χ0n) is 5.26. The van der Waals surface area contributed by atoms with Gasteiger partial charge in [0.2, 0.25) is 5.91 Å². The van der Waals surface area contributed by atoms with Gasteiger partial charge in [-0.3, -0.25) is 4.79 Å². The highest BCUT2D eigenvalue weighted by atomic mass is 16.5. The molecule has 0 aromatic carbocycles. The smallest absolute Gasteiger partial charge is 0.246 e. The van der Waals surface area contributed by atoms with E-state index in [0.29, 0.717) is 6.61 Å². The fraction of sp³-hybridized carbons (Fsp3) is 0.400. The normalized spacial score (nSPS) is 11.0. The van der Waals surface area contributed by atoms with Crippen molar-refractivity contribution >= 4 is 5.91 Å². The third-order valence-electron chi connectivity index (χ3n) is 0.596. The molecule has 1 amide bonds. The van der Waals surface area contributed by atoms with Gasteiger partial charge < -0.3 is 16.2 Å². The lowest BCUT2D eigenvalue weighted by molar-refractivity contribution is -0.113. The van der Waals surface area contributed by atoms with Crippen LogP contribution in [0.4, 0.5) is 0 Å². The number of primary amides is 1. The lowest BCUT2D eigenvalue weighted by Gasteiger charge is -1.98. The molecule has 0 aliphatic rings. The second-order valence-electron chi connectivity index (χ2n) is 1.38. The number of ether oxygens (including phenoxy) is 1. The molecule has 4 nitrogen and oxygen atoms in total. The van der Waals surface area contributed by atoms with E-state index in [1.165, 1.54) is 0 Å². The molecule has 0 saturated heterocycles. The zero-order valence-corrected chi connectivity index (χ0v) is 5.26. The van der Waals surface area contributed by atoms with Gasteiger partial charge in [-0.25, -0.2) is 0 Å². The third kappa shape index (κ3) is 4.67. The number of amides is 1. The Labute approximate surface area is 53.5 Å². The van der Waals surface area contributed by atoms with Crippen LogP contribution >= 0.6 is 0 Å². The number of nitrogens with two attached hydrogens (primary N) is 2. The lowest BCUT2D eigenvalue weighted by Crippen LogP contribution is -2.12. The molecular formula is C5H10N2O2. The van der Waals surface area contributed by atoms with E-state index < -0.39 is 5.91 Å². The van der Waals surface area contributed by atoms with Gasteiger partial charge in [0, 0.05) is 0 Å². The Morgan fingerprint density at radius 3 is 2.56 bits per heavy atom. The molecule has 4 N–H and O–H groups in total. The van der Waals surface area contributed by atoms with E-state index in [2.05, 4.69) is 0 Å². The molecule has 0 saturated carbocycles. The molecule has 0 fully saturated rings. The van der Waals surface area contributed by atoms with Crippen LogP contribution in [0.1, 0.15) is 6.92 Å². The van der Waals surface area contributed by atoms with Crippen molar-refractivity contribution in [2.75, 3.05) is 6.61 Å². The van der Waals surface area contributed by atoms with Crippen LogP contribution < -0.4 is 11.5 Å². The van der Waals surface area contributed by atoms with E-state index in [9.17, 15) is 4.79 Å². The van der Waals surface area contributed by atoms with E-state index >= 15 is 0 Å². The van der Waals surface area contributed by atoms with Crippen molar-refractivity contribution in [3.8, 4) is 0 Å². The molecule has 9 heavy (non-hydrogen) atoms. The summed E-state index contributed by atoms with van der Waals surface area (Å²) in [5.41, 5.74) is 9.87. The fourth-order valence-electron chi connectivity index (χ4n) is 0.349. The first-order chi connectivity index (χ1) is 4.16. The monoisotopic (exact) mass is 130 g/mol. The number of rotatable bonds is 3. The summed E-state index contributed by atoms with van der Waals surface area (Å²) in [5.74, 6) is -0.536. The van der Waals surface area contributed by atoms with Crippen molar-refractivity contribution in [1.82, 2.24) is 0 Å². The highest BCUT2D eigenvalue weighted by Gasteiger charge is 1.89. The van der Waals surface area contributed by atoms with Crippen LogP contribution in [0.25, 0.3) is 0 Å². The van der Waals surface area contributed by atoms with E-state index in [0.717, 1.165) is 6.08 Å². The SMILES string of the molecule is CCO/C(N)=C\C(N)=O. The van der Waals surface area contributed by atoms with E-state index in [-0.39, 0.29) is 5.88 Å². The largest absolute Gasteiger partial charge is 0.479 e. The van der Waals surface area contributed by atoms with Crippen molar-refractivity contribution in [3.05, 3.63) is 12.0 Å². The molecule has 0 radical (unpaired) electrons. The molecule has 0 bridgehead atoms. The number of carbonyl (C=O) groups excluding carboxylic acids is 1. The molecule has 52 valence electrons. The first-order valence-electron chi connectivity index (χ1n) is 2.56. The Hall–Kier alpha value is -1.19. The average molecular weight is 130 g/mol. The van der Waals surface area contributed by atoms with Crippen LogP contribution in [-0.2, 0) is 9.53 Å². The van der Waals surface area contributed by atoms with Crippen molar-refractivity contribution in [3.63, 3.8) is 0 Å². The summed E-state index contributed by atoms with van der Waals surface area (Å²) >= 11 is 0. The molecule has 0 atom stereocenters. The molecule has 0 heterocycles. The maximum atomic E-state index is 10.1. The van der Waals surface area contributed by atoms with Gasteiger partial charge in [-0.2, -0.15) is 0 Å². The summed E-state index contributed by atoms with van der Waals surface area (Å²) in [6.07, 6.45) is 1.03.